The zero-order valence-corrected chi connectivity index (χ0v) is 13.7. The molecule has 1 aliphatic carbocycles. The average Bonchev–Trinajstić information content (AvgIpc) is 3.29. The van der Waals surface area contributed by atoms with E-state index in [0.29, 0.717) is 11.5 Å². The van der Waals surface area contributed by atoms with Crippen molar-refractivity contribution >= 4 is 11.7 Å². The van der Waals surface area contributed by atoms with E-state index in [-0.39, 0.29) is 5.91 Å². The van der Waals surface area contributed by atoms with E-state index in [2.05, 4.69) is 21.5 Å². The number of anilines is 1. The lowest BCUT2D eigenvalue weighted by Gasteiger charge is -2.15. The van der Waals surface area contributed by atoms with Gasteiger partial charge in [-0.3, -0.25) is 4.79 Å². The molecule has 0 spiro atoms. The number of hydrogen-bond donors (Lipinski definition) is 1. The Morgan fingerprint density at radius 2 is 2.08 bits per heavy atom. The van der Waals surface area contributed by atoms with Crippen molar-refractivity contribution in [2.75, 3.05) is 5.32 Å². The Hall–Kier alpha value is -3.02. The fraction of sp³-hybridized carbons (Fsp3) is 0.211. The van der Waals surface area contributed by atoms with E-state index >= 15 is 0 Å². The molecule has 0 aliphatic heterocycles. The molecule has 0 radical (unpaired) electrons. The van der Waals surface area contributed by atoms with Crippen LogP contribution in [0.15, 0.2) is 54.9 Å². The number of amides is 1. The zero-order valence-electron chi connectivity index (χ0n) is 13.7. The van der Waals surface area contributed by atoms with Crippen LogP contribution in [0.4, 0.5) is 10.2 Å². The lowest BCUT2D eigenvalue weighted by atomic mass is 9.93. The molecule has 0 atom stereocenters. The van der Waals surface area contributed by atoms with Gasteiger partial charge in [0, 0.05) is 24.5 Å². The standard InChI is InChI=1S/C19H17FN4O/c1-13-3-2-4-14(11-13)19(7-8-19)18(25)22-17-6-10-24(23-17)15-5-9-21-16(20)12-15/h2-6,9-12H,7-8H2,1H3,(H,22,23,25). The minimum absolute atomic E-state index is 0.0516. The van der Waals surface area contributed by atoms with Gasteiger partial charge in [0.15, 0.2) is 5.82 Å². The van der Waals surface area contributed by atoms with Crippen LogP contribution in [-0.2, 0) is 10.2 Å². The summed E-state index contributed by atoms with van der Waals surface area (Å²) in [7, 11) is 0. The van der Waals surface area contributed by atoms with Gasteiger partial charge >= 0.3 is 0 Å². The van der Waals surface area contributed by atoms with Crippen molar-refractivity contribution in [3.05, 3.63) is 71.9 Å². The van der Waals surface area contributed by atoms with Crippen LogP contribution in [0, 0.1) is 12.9 Å². The van der Waals surface area contributed by atoms with Crippen LogP contribution in [0.25, 0.3) is 5.69 Å². The molecule has 126 valence electrons. The van der Waals surface area contributed by atoms with Crippen LogP contribution >= 0.6 is 0 Å². The van der Waals surface area contributed by atoms with Gasteiger partial charge in [-0.1, -0.05) is 29.8 Å². The van der Waals surface area contributed by atoms with Crippen LogP contribution in [0.3, 0.4) is 0 Å². The molecule has 1 aliphatic rings. The molecule has 1 N–H and O–H groups in total. The van der Waals surface area contributed by atoms with Gasteiger partial charge in [0.05, 0.1) is 11.1 Å². The van der Waals surface area contributed by atoms with Crippen molar-refractivity contribution in [3.63, 3.8) is 0 Å². The number of pyridine rings is 1. The molecule has 0 saturated heterocycles. The number of nitrogens with zero attached hydrogens (tertiary/aromatic N) is 3. The zero-order chi connectivity index (χ0) is 17.4. The first-order valence-corrected chi connectivity index (χ1v) is 8.13. The first-order chi connectivity index (χ1) is 12.1. The maximum atomic E-state index is 13.2. The van der Waals surface area contributed by atoms with E-state index in [1.54, 1.807) is 18.3 Å². The molecule has 3 aromatic rings. The highest BCUT2D eigenvalue weighted by atomic mass is 19.1. The molecule has 1 amide bonds. The molecule has 4 rings (SSSR count). The Morgan fingerprint density at radius 3 is 2.80 bits per heavy atom. The smallest absolute Gasteiger partial charge is 0.236 e. The third kappa shape index (κ3) is 2.91. The predicted octanol–water partition coefficient (Wildman–Crippen LogP) is 3.39. The van der Waals surface area contributed by atoms with Crippen molar-refractivity contribution in [3.8, 4) is 5.69 Å². The van der Waals surface area contributed by atoms with Gasteiger partial charge in [0.2, 0.25) is 11.9 Å². The monoisotopic (exact) mass is 336 g/mol. The van der Waals surface area contributed by atoms with Gasteiger partial charge in [0.25, 0.3) is 0 Å². The quantitative estimate of drug-likeness (QED) is 0.743. The molecular weight excluding hydrogens is 319 g/mol. The van der Waals surface area contributed by atoms with Crippen molar-refractivity contribution < 1.29 is 9.18 Å². The first kappa shape index (κ1) is 15.5. The molecule has 0 unspecified atom stereocenters. The summed E-state index contributed by atoms with van der Waals surface area (Å²) < 4.78 is 14.7. The minimum Gasteiger partial charge on any atom is -0.308 e. The number of hydrogen-bond acceptors (Lipinski definition) is 3. The van der Waals surface area contributed by atoms with Crippen molar-refractivity contribution in [2.24, 2.45) is 0 Å². The van der Waals surface area contributed by atoms with E-state index in [1.165, 1.54) is 16.9 Å². The highest BCUT2D eigenvalue weighted by Crippen LogP contribution is 2.49. The van der Waals surface area contributed by atoms with E-state index in [0.717, 1.165) is 24.0 Å². The number of carbonyl (C=O) groups is 1. The summed E-state index contributed by atoms with van der Waals surface area (Å²) in [6.07, 6.45) is 4.72. The summed E-state index contributed by atoms with van der Waals surface area (Å²) in [5, 5.41) is 7.19. The number of rotatable bonds is 4. The number of aromatic nitrogens is 3. The summed E-state index contributed by atoms with van der Waals surface area (Å²) in [5.74, 6) is -0.180. The third-order valence-corrected chi connectivity index (χ3v) is 4.56. The Bertz CT molecular complexity index is 946. The van der Waals surface area contributed by atoms with Gasteiger partial charge in [-0.2, -0.15) is 9.49 Å². The van der Waals surface area contributed by atoms with Crippen molar-refractivity contribution in [2.45, 2.75) is 25.2 Å². The number of benzene rings is 1. The molecule has 2 aromatic heterocycles. The highest BCUT2D eigenvalue weighted by molar-refractivity contribution is 6.00. The van der Waals surface area contributed by atoms with E-state index in [1.807, 2.05) is 25.1 Å². The maximum Gasteiger partial charge on any atom is 0.236 e. The second-order valence-electron chi connectivity index (χ2n) is 6.39. The number of halogens is 1. The molecule has 1 saturated carbocycles. The summed E-state index contributed by atoms with van der Waals surface area (Å²) in [6, 6.07) is 12.7. The van der Waals surface area contributed by atoms with E-state index < -0.39 is 11.4 Å². The largest absolute Gasteiger partial charge is 0.308 e. The first-order valence-electron chi connectivity index (χ1n) is 8.13. The average molecular weight is 336 g/mol. The molecule has 1 aromatic carbocycles. The van der Waals surface area contributed by atoms with Gasteiger partial charge in [0.1, 0.15) is 0 Å². The number of aryl methyl sites for hydroxylation is 1. The number of carbonyl (C=O) groups excluding carboxylic acids is 1. The molecule has 2 heterocycles. The molecule has 1 fully saturated rings. The Kier molecular flexibility index (Phi) is 3.60. The summed E-state index contributed by atoms with van der Waals surface area (Å²) in [4.78, 5) is 16.3. The van der Waals surface area contributed by atoms with Gasteiger partial charge in [-0.15, -0.1) is 0 Å². The second-order valence-corrected chi connectivity index (χ2v) is 6.39. The molecular formula is C19H17FN4O. The fourth-order valence-corrected chi connectivity index (χ4v) is 3.02. The molecule has 25 heavy (non-hydrogen) atoms. The Morgan fingerprint density at radius 1 is 1.24 bits per heavy atom. The van der Waals surface area contributed by atoms with E-state index in [4.69, 9.17) is 0 Å². The predicted molar refractivity (Wildman–Crippen MR) is 92.0 cm³/mol. The number of nitrogens with one attached hydrogen (secondary N) is 1. The topological polar surface area (TPSA) is 59.8 Å². The summed E-state index contributed by atoms with van der Waals surface area (Å²) in [5.41, 5.74) is 2.27. The molecule has 0 bridgehead atoms. The van der Waals surface area contributed by atoms with Gasteiger partial charge < -0.3 is 5.32 Å². The lowest BCUT2D eigenvalue weighted by molar-refractivity contribution is -0.118. The highest BCUT2D eigenvalue weighted by Gasteiger charge is 2.51. The van der Waals surface area contributed by atoms with Crippen molar-refractivity contribution in [1.29, 1.82) is 0 Å². The van der Waals surface area contributed by atoms with Crippen LogP contribution in [-0.4, -0.2) is 20.7 Å². The normalized spacial score (nSPS) is 15.0. The summed E-state index contributed by atoms with van der Waals surface area (Å²) in [6.45, 7) is 2.02. The van der Waals surface area contributed by atoms with Gasteiger partial charge in [-0.25, -0.2) is 9.67 Å². The SMILES string of the molecule is Cc1cccc(C2(C(=O)Nc3ccn(-c4ccnc(F)c4)n3)CC2)c1. The Balaban J connectivity index is 1.54. The summed E-state index contributed by atoms with van der Waals surface area (Å²) >= 11 is 0. The lowest BCUT2D eigenvalue weighted by Crippen LogP contribution is -2.28. The van der Waals surface area contributed by atoms with E-state index in [9.17, 15) is 9.18 Å². The Labute approximate surface area is 144 Å². The van der Waals surface area contributed by atoms with Crippen LogP contribution in [0.1, 0.15) is 24.0 Å². The van der Waals surface area contributed by atoms with Crippen LogP contribution in [0.2, 0.25) is 0 Å². The van der Waals surface area contributed by atoms with Crippen molar-refractivity contribution in [1.82, 2.24) is 14.8 Å². The van der Waals surface area contributed by atoms with Crippen LogP contribution in [0.5, 0.6) is 0 Å². The van der Waals surface area contributed by atoms with Gasteiger partial charge in [-0.05, 0) is 31.4 Å². The maximum absolute atomic E-state index is 13.2. The minimum atomic E-state index is -0.574. The molecule has 5 nitrogen and oxygen atoms in total. The van der Waals surface area contributed by atoms with Crippen LogP contribution < -0.4 is 5.32 Å². The second kappa shape index (κ2) is 5.81. The fourth-order valence-electron chi connectivity index (χ4n) is 3.02. The molecule has 6 heteroatoms. The third-order valence-electron chi connectivity index (χ3n) is 4.56.